The number of benzene rings is 3. The second-order valence-corrected chi connectivity index (χ2v) is 8.80. The van der Waals surface area contributed by atoms with Crippen molar-refractivity contribution in [1.29, 1.82) is 0 Å². The van der Waals surface area contributed by atoms with Crippen molar-refractivity contribution >= 4 is 17.0 Å². The first-order chi connectivity index (χ1) is 16.5. The number of carbonyl (C=O) groups excluding carboxylic acids is 1. The molecule has 1 aromatic heterocycles. The zero-order chi connectivity index (χ0) is 23.7. The van der Waals surface area contributed by atoms with Gasteiger partial charge in [-0.1, -0.05) is 54.6 Å². The van der Waals surface area contributed by atoms with Crippen LogP contribution in [0.15, 0.2) is 79.0 Å². The summed E-state index contributed by atoms with van der Waals surface area (Å²) < 4.78 is 7.52. The standard InChI is InChI=1S/C28H28N2O4/c1-30-15-13-18-16-19(10-11-25(18)30)27(32)26(31)12-14-29-28(33)34-17-24-22-8-4-2-6-20(22)21-7-3-5-9-23(21)24/h2-11,13,15-16,24,26-27,31-32H,12,14,17H2,1H3,(H,29,33). The van der Waals surface area contributed by atoms with Crippen LogP contribution in [0.4, 0.5) is 4.79 Å². The first-order valence-electron chi connectivity index (χ1n) is 11.5. The highest BCUT2D eigenvalue weighted by molar-refractivity contribution is 5.81. The number of hydrogen-bond donors (Lipinski definition) is 3. The van der Waals surface area contributed by atoms with Crippen LogP contribution in [0.2, 0.25) is 0 Å². The molecule has 4 aromatic rings. The minimum absolute atomic E-state index is 0.00142. The number of nitrogens with one attached hydrogen (secondary N) is 1. The lowest BCUT2D eigenvalue weighted by molar-refractivity contribution is 0.0137. The molecule has 3 aromatic carbocycles. The topological polar surface area (TPSA) is 83.7 Å². The Morgan fingerprint density at radius 3 is 2.38 bits per heavy atom. The van der Waals surface area contributed by atoms with Crippen molar-refractivity contribution in [1.82, 2.24) is 9.88 Å². The molecule has 0 bridgehead atoms. The quantitative estimate of drug-likeness (QED) is 0.382. The lowest BCUT2D eigenvalue weighted by atomic mass is 9.98. The van der Waals surface area contributed by atoms with E-state index in [9.17, 15) is 15.0 Å². The van der Waals surface area contributed by atoms with E-state index in [1.165, 1.54) is 11.1 Å². The number of hydrogen-bond acceptors (Lipinski definition) is 4. The fraction of sp³-hybridized carbons (Fsp3) is 0.250. The number of aliphatic hydroxyl groups excluding tert-OH is 2. The van der Waals surface area contributed by atoms with E-state index in [2.05, 4.69) is 29.6 Å². The minimum Gasteiger partial charge on any atom is -0.449 e. The molecule has 0 aliphatic heterocycles. The van der Waals surface area contributed by atoms with Crippen molar-refractivity contribution in [2.75, 3.05) is 13.2 Å². The van der Waals surface area contributed by atoms with Gasteiger partial charge in [0, 0.05) is 31.2 Å². The maximum atomic E-state index is 12.3. The average Bonchev–Trinajstić information content (AvgIpc) is 3.39. The van der Waals surface area contributed by atoms with Crippen LogP contribution in [-0.4, -0.2) is 40.1 Å². The first kappa shape index (κ1) is 22.2. The second-order valence-electron chi connectivity index (χ2n) is 8.80. The monoisotopic (exact) mass is 456 g/mol. The van der Waals surface area contributed by atoms with E-state index in [0.29, 0.717) is 5.56 Å². The third-order valence-electron chi connectivity index (χ3n) is 6.67. The molecule has 5 rings (SSSR count). The zero-order valence-electron chi connectivity index (χ0n) is 19.0. The van der Waals surface area contributed by atoms with Gasteiger partial charge in [-0.2, -0.15) is 0 Å². The number of alkyl carbamates (subject to hydrolysis) is 1. The molecular formula is C28H28N2O4. The molecule has 0 saturated heterocycles. The number of aliphatic hydroxyl groups is 2. The molecule has 1 aliphatic rings. The predicted molar refractivity (Wildman–Crippen MR) is 132 cm³/mol. The van der Waals surface area contributed by atoms with Crippen LogP contribution in [0.25, 0.3) is 22.0 Å². The van der Waals surface area contributed by atoms with Crippen molar-refractivity contribution in [2.45, 2.75) is 24.5 Å². The molecule has 1 heterocycles. The minimum atomic E-state index is -1.03. The van der Waals surface area contributed by atoms with Gasteiger partial charge in [0.15, 0.2) is 0 Å². The Balaban J connectivity index is 1.13. The number of aryl methyl sites for hydroxylation is 1. The molecule has 6 heteroatoms. The van der Waals surface area contributed by atoms with E-state index in [4.69, 9.17) is 4.74 Å². The number of fused-ring (bicyclic) bond motifs is 4. The summed E-state index contributed by atoms with van der Waals surface area (Å²) in [6.07, 6.45) is -0.411. The van der Waals surface area contributed by atoms with E-state index >= 15 is 0 Å². The lowest BCUT2D eigenvalue weighted by Gasteiger charge is -2.19. The number of ether oxygens (including phenoxy) is 1. The SMILES string of the molecule is Cn1ccc2cc(C(O)C(O)CCNC(=O)OCC3c4ccccc4-c4ccccc43)ccc21. The maximum Gasteiger partial charge on any atom is 0.407 e. The summed E-state index contributed by atoms with van der Waals surface area (Å²) in [4.78, 5) is 12.3. The van der Waals surface area contributed by atoms with Crippen LogP contribution < -0.4 is 5.32 Å². The van der Waals surface area contributed by atoms with Gasteiger partial charge in [-0.25, -0.2) is 4.79 Å². The molecule has 0 spiro atoms. The van der Waals surface area contributed by atoms with Gasteiger partial charge in [0.05, 0.1) is 6.10 Å². The van der Waals surface area contributed by atoms with Gasteiger partial charge < -0.3 is 24.8 Å². The van der Waals surface area contributed by atoms with Crippen LogP contribution in [0.1, 0.15) is 35.1 Å². The highest BCUT2D eigenvalue weighted by Gasteiger charge is 2.29. The van der Waals surface area contributed by atoms with Gasteiger partial charge in [-0.15, -0.1) is 0 Å². The average molecular weight is 457 g/mol. The smallest absolute Gasteiger partial charge is 0.407 e. The Morgan fingerprint density at radius 2 is 1.68 bits per heavy atom. The highest BCUT2D eigenvalue weighted by Crippen LogP contribution is 2.44. The molecule has 3 N–H and O–H groups in total. The number of nitrogens with zero attached hydrogens (tertiary/aromatic N) is 1. The fourth-order valence-corrected chi connectivity index (χ4v) is 4.84. The van der Waals surface area contributed by atoms with Crippen molar-refractivity contribution < 1.29 is 19.7 Å². The van der Waals surface area contributed by atoms with Gasteiger partial charge in [-0.05, 0) is 57.8 Å². The van der Waals surface area contributed by atoms with Gasteiger partial charge in [-0.3, -0.25) is 0 Å². The van der Waals surface area contributed by atoms with Crippen LogP contribution in [-0.2, 0) is 11.8 Å². The molecular weight excluding hydrogens is 428 g/mol. The van der Waals surface area contributed by atoms with Gasteiger partial charge in [0.2, 0.25) is 0 Å². The van der Waals surface area contributed by atoms with Crippen molar-refractivity contribution in [3.8, 4) is 11.1 Å². The van der Waals surface area contributed by atoms with E-state index in [1.807, 2.05) is 66.3 Å². The van der Waals surface area contributed by atoms with Crippen LogP contribution in [0, 0.1) is 0 Å². The third-order valence-corrected chi connectivity index (χ3v) is 6.67. The molecule has 1 amide bonds. The summed E-state index contributed by atoms with van der Waals surface area (Å²) in [5, 5.41) is 24.7. The molecule has 0 saturated carbocycles. The van der Waals surface area contributed by atoms with Crippen LogP contribution in [0.5, 0.6) is 0 Å². The number of carbonyl (C=O) groups is 1. The van der Waals surface area contributed by atoms with Gasteiger partial charge in [0.1, 0.15) is 12.7 Å². The molecule has 1 aliphatic carbocycles. The lowest BCUT2D eigenvalue weighted by Crippen LogP contribution is -2.30. The Morgan fingerprint density at radius 1 is 1.00 bits per heavy atom. The summed E-state index contributed by atoms with van der Waals surface area (Å²) in [5.41, 5.74) is 6.38. The summed E-state index contributed by atoms with van der Waals surface area (Å²) in [6.45, 7) is 0.435. The van der Waals surface area contributed by atoms with E-state index < -0.39 is 18.3 Å². The fourth-order valence-electron chi connectivity index (χ4n) is 4.84. The molecule has 2 atom stereocenters. The van der Waals surface area contributed by atoms with Crippen molar-refractivity contribution in [2.24, 2.45) is 7.05 Å². The summed E-state index contributed by atoms with van der Waals surface area (Å²) in [6, 6.07) is 24.0. The number of rotatable bonds is 7. The highest BCUT2D eigenvalue weighted by atomic mass is 16.5. The molecule has 2 unspecified atom stereocenters. The van der Waals surface area contributed by atoms with Gasteiger partial charge in [0.25, 0.3) is 0 Å². The zero-order valence-corrected chi connectivity index (χ0v) is 19.0. The van der Waals surface area contributed by atoms with Crippen LogP contribution >= 0.6 is 0 Å². The van der Waals surface area contributed by atoms with E-state index in [1.54, 1.807) is 0 Å². The number of amides is 1. The molecule has 34 heavy (non-hydrogen) atoms. The third kappa shape index (κ3) is 4.18. The Hall–Kier alpha value is -3.61. The summed E-state index contributed by atoms with van der Waals surface area (Å²) in [5.74, 6) is -0.00142. The molecule has 0 fully saturated rings. The van der Waals surface area contributed by atoms with Crippen molar-refractivity contribution in [3.63, 3.8) is 0 Å². The Labute approximate surface area is 198 Å². The van der Waals surface area contributed by atoms with E-state index in [-0.39, 0.29) is 25.5 Å². The Kier molecular flexibility index (Phi) is 6.09. The molecule has 6 nitrogen and oxygen atoms in total. The largest absolute Gasteiger partial charge is 0.449 e. The first-order valence-corrected chi connectivity index (χ1v) is 11.5. The normalized spacial score (nSPS) is 14.4. The van der Waals surface area contributed by atoms with Gasteiger partial charge >= 0.3 is 6.09 Å². The van der Waals surface area contributed by atoms with Crippen molar-refractivity contribution in [3.05, 3.63) is 95.7 Å². The van der Waals surface area contributed by atoms with E-state index in [0.717, 1.165) is 22.0 Å². The summed E-state index contributed by atoms with van der Waals surface area (Å²) >= 11 is 0. The van der Waals surface area contributed by atoms with Crippen LogP contribution in [0.3, 0.4) is 0 Å². The molecule has 0 radical (unpaired) electrons. The predicted octanol–water partition coefficient (Wildman–Crippen LogP) is 4.50. The molecule has 174 valence electrons. The second kappa shape index (κ2) is 9.33. The Bertz CT molecular complexity index is 1280. The number of aromatic nitrogens is 1. The maximum absolute atomic E-state index is 12.3. The summed E-state index contributed by atoms with van der Waals surface area (Å²) in [7, 11) is 1.96.